The van der Waals surface area contributed by atoms with Crippen LogP contribution in [0, 0.1) is 0 Å². The average molecular weight is 431 g/mol. The Morgan fingerprint density at radius 3 is 2.77 bits per heavy atom. The number of aliphatic imine (C=N–C) groups is 1. The van der Waals surface area contributed by atoms with E-state index in [4.69, 9.17) is 19.2 Å². The summed E-state index contributed by atoms with van der Waals surface area (Å²) in [4.78, 5) is 10.5. The van der Waals surface area contributed by atoms with E-state index in [-0.39, 0.29) is 5.41 Å². The van der Waals surface area contributed by atoms with E-state index in [2.05, 4.69) is 41.6 Å². The number of fused-ring (bicyclic) bond motifs is 1. The Balaban J connectivity index is 1.49. The number of rotatable bonds is 7. The van der Waals surface area contributed by atoms with Crippen molar-refractivity contribution >= 4 is 17.3 Å². The third-order valence-electron chi connectivity index (χ3n) is 5.70. The van der Waals surface area contributed by atoms with Crippen molar-refractivity contribution in [2.45, 2.75) is 45.1 Å². The summed E-state index contributed by atoms with van der Waals surface area (Å²) >= 11 is 1.73. The number of hydrogen-bond acceptors (Lipinski definition) is 6. The second-order valence-corrected chi connectivity index (χ2v) is 8.78. The van der Waals surface area contributed by atoms with Crippen molar-refractivity contribution in [3.63, 3.8) is 0 Å². The molecule has 0 saturated carbocycles. The van der Waals surface area contributed by atoms with Crippen LogP contribution in [0.5, 0.6) is 11.5 Å². The number of aryl methyl sites for hydroxylation is 1. The van der Waals surface area contributed by atoms with Crippen molar-refractivity contribution in [1.82, 2.24) is 15.6 Å². The summed E-state index contributed by atoms with van der Waals surface area (Å²) in [6.07, 6.45) is 4.86. The zero-order valence-electron chi connectivity index (χ0n) is 17.7. The van der Waals surface area contributed by atoms with Crippen LogP contribution in [-0.2, 0) is 23.1 Å². The Morgan fingerprint density at radius 2 is 2.00 bits per heavy atom. The van der Waals surface area contributed by atoms with Crippen molar-refractivity contribution < 1.29 is 14.2 Å². The molecule has 0 atom stereocenters. The van der Waals surface area contributed by atoms with Crippen LogP contribution in [0.25, 0.3) is 0 Å². The van der Waals surface area contributed by atoms with Crippen LogP contribution in [0.2, 0.25) is 0 Å². The number of nitrogens with zero attached hydrogens (tertiary/aromatic N) is 2. The third-order valence-corrected chi connectivity index (χ3v) is 6.82. The molecule has 2 aliphatic heterocycles. The van der Waals surface area contributed by atoms with Gasteiger partial charge in [-0.15, -0.1) is 11.3 Å². The van der Waals surface area contributed by atoms with Gasteiger partial charge in [0.1, 0.15) is 5.01 Å². The Hall–Kier alpha value is -2.32. The molecule has 1 fully saturated rings. The summed E-state index contributed by atoms with van der Waals surface area (Å²) in [6.45, 7) is 8.20. The molecule has 1 aromatic heterocycles. The van der Waals surface area contributed by atoms with Crippen LogP contribution in [0.3, 0.4) is 0 Å². The molecule has 8 heteroatoms. The molecule has 3 heterocycles. The van der Waals surface area contributed by atoms with Crippen LogP contribution >= 0.6 is 11.3 Å². The largest absolute Gasteiger partial charge is 0.454 e. The molecule has 2 N–H and O–H groups in total. The first-order valence-electron chi connectivity index (χ1n) is 10.7. The number of thiazole rings is 1. The molecule has 0 bridgehead atoms. The van der Waals surface area contributed by atoms with Crippen LogP contribution in [-0.4, -0.2) is 44.0 Å². The highest BCUT2D eigenvalue weighted by Gasteiger charge is 2.35. The molecule has 2 aromatic rings. The van der Waals surface area contributed by atoms with Gasteiger partial charge in [0.05, 0.1) is 6.54 Å². The normalized spacial score (nSPS) is 17.7. The first kappa shape index (κ1) is 20.9. The fraction of sp³-hybridized carbons (Fsp3) is 0.545. The van der Waals surface area contributed by atoms with Crippen molar-refractivity contribution in [1.29, 1.82) is 0 Å². The lowest BCUT2D eigenvalue weighted by atomic mass is 9.74. The summed E-state index contributed by atoms with van der Waals surface area (Å²) in [7, 11) is 0. The predicted molar refractivity (Wildman–Crippen MR) is 119 cm³/mol. The smallest absolute Gasteiger partial charge is 0.231 e. The van der Waals surface area contributed by atoms with Gasteiger partial charge in [0.15, 0.2) is 17.5 Å². The van der Waals surface area contributed by atoms with Gasteiger partial charge in [-0.3, -0.25) is 0 Å². The van der Waals surface area contributed by atoms with Gasteiger partial charge in [0, 0.05) is 42.8 Å². The zero-order chi connectivity index (χ0) is 20.8. The molecule has 0 unspecified atom stereocenters. The van der Waals surface area contributed by atoms with Gasteiger partial charge >= 0.3 is 0 Å². The molecular weight excluding hydrogens is 400 g/mol. The van der Waals surface area contributed by atoms with Crippen molar-refractivity contribution in [2.75, 3.05) is 33.1 Å². The number of aromatic nitrogens is 1. The molecule has 0 spiro atoms. The first-order valence-corrected chi connectivity index (χ1v) is 11.5. The average Bonchev–Trinajstić information content (AvgIpc) is 3.45. The molecule has 7 nitrogen and oxygen atoms in total. The Labute approximate surface area is 181 Å². The standard InChI is InChI=1S/C22H30N4O3S/c1-3-17-12-24-20(30-17)13-25-21(23-4-2)26-14-22(7-9-27-10-8-22)16-5-6-18-19(11-16)29-15-28-18/h5-6,11-12H,3-4,7-10,13-15H2,1-2H3,(H2,23,25,26). The van der Waals surface area contributed by atoms with E-state index >= 15 is 0 Å². The fourth-order valence-electron chi connectivity index (χ4n) is 3.88. The lowest BCUT2D eigenvalue weighted by molar-refractivity contribution is 0.0513. The number of guanidine groups is 1. The topological polar surface area (TPSA) is 77.0 Å². The maximum absolute atomic E-state index is 5.67. The number of ether oxygens (including phenoxy) is 3. The van der Waals surface area contributed by atoms with Gasteiger partial charge in [-0.1, -0.05) is 13.0 Å². The molecule has 1 saturated heterocycles. The molecule has 0 amide bonds. The van der Waals surface area contributed by atoms with Gasteiger partial charge in [0.25, 0.3) is 0 Å². The summed E-state index contributed by atoms with van der Waals surface area (Å²) in [5.41, 5.74) is 1.22. The maximum atomic E-state index is 5.67. The monoisotopic (exact) mass is 430 g/mol. The Morgan fingerprint density at radius 1 is 1.17 bits per heavy atom. The molecule has 4 rings (SSSR count). The molecule has 0 aliphatic carbocycles. The SMILES string of the molecule is CCNC(=NCc1ncc(CC)s1)NCC1(c2ccc3c(c2)OCO3)CCOCC1. The van der Waals surface area contributed by atoms with Crippen LogP contribution < -0.4 is 20.1 Å². The van der Waals surface area contributed by atoms with Gasteiger partial charge < -0.3 is 24.8 Å². The van der Waals surface area contributed by atoms with E-state index in [1.165, 1.54) is 10.4 Å². The summed E-state index contributed by atoms with van der Waals surface area (Å²) in [5, 5.41) is 7.98. The van der Waals surface area contributed by atoms with Gasteiger partial charge in [-0.2, -0.15) is 0 Å². The van der Waals surface area contributed by atoms with Crippen molar-refractivity contribution in [2.24, 2.45) is 4.99 Å². The minimum Gasteiger partial charge on any atom is -0.454 e. The van der Waals surface area contributed by atoms with Gasteiger partial charge in [-0.05, 0) is 43.9 Å². The summed E-state index contributed by atoms with van der Waals surface area (Å²) in [5.74, 6) is 2.46. The molecule has 30 heavy (non-hydrogen) atoms. The van der Waals surface area contributed by atoms with E-state index in [9.17, 15) is 0 Å². The van der Waals surface area contributed by atoms with E-state index in [1.807, 2.05) is 12.3 Å². The number of nitrogens with one attached hydrogen (secondary N) is 2. The molecule has 162 valence electrons. The third kappa shape index (κ3) is 4.70. The predicted octanol–water partition coefficient (Wildman–Crippen LogP) is 3.24. The molecule has 1 aromatic carbocycles. The second kappa shape index (κ2) is 9.66. The van der Waals surface area contributed by atoms with E-state index in [0.29, 0.717) is 13.3 Å². The van der Waals surface area contributed by atoms with Crippen molar-refractivity contribution in [3.8, 4) is 11.5 Å². The van der Waals surface area contributed by atoms with Crippen LogP contribution in [0.4, 0.5) is 0 Å². The fourth-order valence-corrected chi connectivity index (χ4v) is 4.67. The number of benzene rings is 1. The Kier molecular flexibility index (Phi) is 6.74. The summed E-state index contributed by atoms with van der Waals surface area (Å²) < 4.78 is 16.8. The molecule has 0 radical (unpaired) electrons. The minimum atomic E-state index is -0.0357. The van der Waals surface area contributed by atoms with E-state index < -0.39 is 0 Å². The van der Waals surface area contributed by atoms with Gasteiger partial charge in [0.2, 0.25) is 6.79 Å². The van der Waals surface area contributed by atoms with Crippen molar-refractivity contribution in [3.05, 3.63) is 39.8 Å². The second-order valence-electron chi connectivity index (χ2n) is 7.58. The molecule has 2 aliphatic rings. The maximum Gasteiger partial charge on any atom is 0.231 e. The van der Waals surface area contributed by atoms with Gasteiger partial charge in [-0.25, -0.2) is 9.98 Å². The number of hydrogen-bond donors (Lipinski definition) is 2. The van der Waals surface area contributed by atoms with E-state index in [0.717, 1.165) is 68.0 Å². The summed E-state index contributed by atoms with van der Waals surface area (Å²) in [6, 6.07) is 6.30. The minimum absolute atomic E-state index is 0.0357. The Bertz CT molecular complexity index is 877. The highest BCUT2D eigenvalue weighted by molar-refractivity contribution is 7.11. The highest BCUT2D eigenvalue weighted by Crippen LogP contribution is 2.40. The van der Waals surface area contributed by atoms with Crippen LogP contribution in [0.1, 0.15) is 42.1 Å². The molecular formula is C22H30N4O3S. The zero-order valence-corrected chi connectivity index (χ0v) is 18.5. The van der Waals surface area contributed by atoms with Crippen LogP contribution in [0.15, 0.2) is 29.4 Å². The lowest BCUT2D eigenvalue weighted by Gasteiger charge is -2.38. The highest BCUT2D eigenvalue weighted by atomic mass is 32.1. The van der Waals surface area contributed by atoms with E-state index in [1.54, 1.807) is 11.3 Å². The lowest BCUT2D eigenvalue weighted by Crippen LogP contribution is -2.48. The quantitative estimate of drug-likeness (QED) is 0.519. The first-order chi connectivity index (χ1) is 14.7.